The van der Waals surface area contributed by atoms with Crippen molar-refractivity contribution in [2.75, 3.05) is 9.80 Å². The number of hydrogen-bond donors (Lipinski definition) is 1. The minimum absolute atomic E-state index is 0.0119. The quantitative estimate of drug-likeness (QED) is 0.275. The van der Waals surface area contributed by atoms with Crippen LogP contribution in [-0.2, 0) is 9.59 Å². The van der Waals surface area contributed by atoms with Gasteiger partial charge in [-0.2, -0.15) is 0 Å². The van der Waals surface area contributed by atoms with Gasteiger partial charge < -0.3 is 4.90 Å². The number of aryl methyl sites for hydroxylation is 1. The first kappa shape index (κ1) is 25.7. The lowest BCUT2D eigenvalue weighted by Crippen LogP contribution is -2.54. The number of carbonyl (C=O) groups is 2. The van der Waals surface area contributed by atoms with E-state index in [0.29, 0.717) is 22.7 Å². The second-order valence-corrected chi connectivity index (χ2v) is 11.4. The Kier molecular flexibility index (Phi) is 6.77. The Bertz CT molecular complexity index is 1290. The van der Waals surface area contributed by atoms with Gasteiger partial charge in [0.2, 0.25) is 0 Å². The van der Waals surface area contributed by atoms with Crippen molar-refractivity contribution in [2.24, 2.45) is 0 Å². The van der Waals surface area contributed by atoms with Gasteiger partial charge in [0.15, 0.2) is 5.11 Å². The summed E-state index contributed by atoms with van der Waals surface area (Å²) in [5.74, 6) is -0.750. The summed E-state index contributed by atoms with van der Waals surface area (Å²) in [5, 5.41) is 3.06. The van der Waals surface area contributed by atoms with E-state index in [2.05, 4.69) is 57.0 Å². The van der Waals surface area contributed by atoms with Crippen molar-refractivity contribution in [3.8, 4) is 0 Å². The highest BCUT2D eigenvalue weighted by Gasteiger charge is 2.39. The minimum atomic E-state index is -0.543. The molecule has 2 amide bonds. The van der Waals surface area contributed by atoms with E-state index in [-0.39, 0.29) is 21.2 Å². The third-order valence-corrected chi connectivity index (χ3v) is 7.85. The summed E-state index contributed by atoms with van der Waals surface area (Å²) >= 11 is 17.8. The second-order valence-electron chi connectivity index (χ2n) is 10.2. The Hall–Kier alpha value is -2.41. The fourth-order valence-corrected chi connectivity index (χ4v) is 6.10. The molecule has 2 aliphatic heterocycles. The van der Waals surface area contributed by atoms with Crippen molar-refractivity contribution in [3.63, 3.8) is 0 Å². The maximum atomic E-state index is 13.5. The molecule has 2 heterocycles. The highest BCUT2D eigenvalue weighted by atomic mass is 35.5. The summed E-state index contributed by atoms with van der Waals surface area (Å²) in [6, 6.07) is 9.55. The van der Waals surface area contributed by atoms with Crippen molar-refractivity contribution in [1.82, 2.24) is 5.32 Å². The Morgan fingerprint density at radius 1 is 1.17 bits per heavy atom. The van der Waals surface area contributed by atoms with Crippen LogP contribution < -0.4 is 15.1 Å². The number of hydrogen-bond acceptors (Lipinski definition) is 4. The minimum Gasteiger partial charge on any atom is -0.364 e. The van der Waals surface area contributed by atoms with E-state index in [0.717, 1.165) is 17.5 Å². The van der Waals surface area contributed by atoms with Crippen LogP contribution in [0.15, 0.2) is 35.9 Å². The molecule has 2 aliphatic rings. The van der Waals surface area contributed by atoms with Gasteiger partial charge in [0.25, 0.3) is 11.8 Å². The van der Waals surface area contributed by atoms with Crippen LogP contribution in [0.5, 0.6) is 0 Å². The van der Waals surface area contributed by atoms with Crippen molar-refractivity contribution >= 4 is 69.8 Å². The van der Waals surface area contributed by atoms with Crippen molar-refractivity contribution < 1.29 is 9.59 Å². The predicted octanol–water partition coefficient (Wildman–Crippen LogP) is 6.63. The maximum absolute atomic E-state index is 13.5. The summed E-state index contributed by atoms with van der Waals surface area (Å²) in [5.41, 5.74) is 4.56. The molecule has 8 heteroatoms. The van der Waals surface area contributed by atoms with Crippen LogP contribution in [0.1, 0.15) is 63.6 Å². The zero-order valence-electron chi connectivity index (χ0n) is 20.7. The van der Waals surface area contributed by atoms with Gasteiger partial charge in [-0.25, -0.2) is 0 Å². The molecule has 35 heavy (non-hydrogen) atoms. The summed E-state index contributed by atoms with van der Waals surface area (Å²) in [6.07, 6.45) is 2.65. The molecule has 0 bridgehead atoms. The zero-order valence-corrected chi connectivity index (χ0v) is 23.0. The fraction of sp³-hybridized carbons (Fsp3) is 0.370. The molecular formula is C27H29Cl2N3O2S. The molecule has 0 saturated carbocycles. The second kappa shape index (κ2) is 9.23. The number of thiocarbonyl (C=S) groups is 1. The third-order valence-electron chi connectivity index (χ3n) is 6.75. The number of nitrogens with zero attached hydrogens (tertiary/aromatic N) is 2. The normalized spacial score (nSPS) is 21.0. The van der Waals surface area contributed by atoms with Crippen molar-refractivity contribution in [3.05, 3.63) is 62.6 Å². The SMILES string of the molecule is Cc1cc2c(cc1/C=C1\C(=O)NC(=S)N(c3cccc(Cl)c3Cl)C1=O)[C@H](C)CC(C)(C)N2C(C)C. The first-order chi connectivity index (χ1) is 16.3. The maximum Gasteiger partial charge on any atom is 0.270 e. The summed E-state index contributed by atoms with van der Waals surface area (Å²) < 4.78 is 0. The molecule has 0 unspecified atom stereocenters. The number of fused-ring (bicyclic) bond motifs is 1. The number of carbonyl (C=O) groups excluding carboxylic acids is 2. The van der Waals surface area contributed by atoms with Crippen LogP contribution in [0, 0.1) is 6.92 Å². The first-order valence-corrected chi connectivity index (χ1v) is 12.8. The Morgan fingerprint density at radius 3 is 2.51 bits per heavy atom. The fourth-order valence-electron chi connectivity index (χ4n) is 5.44. The van der Waals surface area contributed by atoms with E-state index in [1.54, 1.807) is 24.3 Å². The molecule has 0 aliphatic carbocycles. The van der Waals surface area contributed by atoms with Gasteiger partial charge in [0.05, 0.1) is 15.7 Å². The van der Waals surface area contributed by atoms with Crippen LogP contribution >= 0.6 is 35.4 Å². The number of rotatable bonds is 3. The molecule has 0 spiro atoms. The molecule has 184 valence electrons. The number of nitrogens with one attached hydrogen (secondary N) is 1. The van der Waals surface area contributed by atoms with Gasteiger partial charge >= 0.3 is 0 Å². The van der Waals surface area contributed by atoms with Gasteiger partial charge in [0, 0.05) is 17.3 Å². The molecule has 5 nitrogen and oxygen atoms in total. The van der Waals surface area contributed by atoms with Crippen molar-refractivity contribution in [1.29, 1.82) is 0 Å². The monoisotopic (exact) mass is 529 g/mol. The summed E-state index contributed by atoms with van der Waals surface area (Å²) in [4.78, 5) is 30.0. The molecule has 2 aromatic carbocycles. The number of halogens is 2. The topological polar surface area (TPSA) is 52.7 Å². The van der Waals surface area contributed by atoms with Crippen LogP contribution in [0.3, 0.4) is 0 Å². The van der Waals surface area contributed by atoms with Gasteiger partial charge in [-0.3, -0.25) is 19.8 Å². The van der Waals surface area contributed by atoms with E-state index < -0.39 is 11.8 Å². The molecule has 1 N–H and O–H groups in total. The zero-order chi connectivity index (χ0) is 25.8. The molecule has 4 rings (SSSR count). The van der Waals surface area contributed by atoms with Gasteiger partial charge in [0.1, 0.15) is 5.57 Å². The average Bonchev–Trinajstić information content (AvgIpc) is 2.73. The average molecular weight is 531 g/mol. The Labute approximate surface area is 222 Å². The van der Waals surface area contributed by atoms with Gasteiger partial charge in [-0.1, -0.05) is 36.2 Å². The molecule has 1 saturated heterocycles. The number of benzene rings is 2. The molecule has 1 atom stereocenters. The number of amides is 2. The lowest BCUT2D eigenvalue weighted by atomic mass is 9.78. The van der Waals surface area contributed by atoms with E-state index in [1.807, 2.05) is 6.92 Å². The summed E-state index contributed by atoms with van der Waals surface area (Å²) in [7, 11) is 0. The Balaban J connectivity index is 1.81. The highest BCUT2D eigenvalue weighted by Crippen LogP contribution is 2.45. The third kappa shape index (κ3) is 4.48. The van der Waals surface area contributed by atoms with E-state index in [9.17, 15) is 9.59 Å². The van der Waals surface area contributed by atoms with E-state index >= 15 is 0 Å². The summed E-state index contributed by atoms with van der Waals surface area (Å²) in [6.45, 7) is 13.2. The molecular weight excluding hydrogens is 501 g/mol. The highest BCUT2D eigenvalue weighted by molar-refractivity contribution is 7.80. The van der Waals surface area contributed by atoms with Crippen LogP contribution in [-0.4, -0.2) is 28.5 Å². The lowest BCUT2D eigenvalue weighted by Gasteiger charge is -2.50. The molecule has 0 radical (unpaired) electrons. The molecule has 1 fully saturated rings. The van der Waals surface area contributed by atoms with Crippen LogP contribution in [0.2, 0.25) is 10.0 Å². The van der Waals surface area contributed by atoms with Gasteiger partial charge in [-0.15, -0.1) is 0 Å². The standard InChI is InChI=1S/C27H29Cl2N3O2S/c1-14(2)32-22-10-15(3)17(11-18(22)16(4)13-27(32,5)6)12-19-24(33)30-26(35)31(25(19)34)21-9-7-8-20(28)23(21)29/h7-12,14,16H,13H2,1-6H3,(H,30,33,35)/b19-12+/t16-/m1/s1. The van der Waals surface area contributed by atoms with E-state index in [1.165, 1.54) is 16.2 Å². The molecule has 2 aromatic rings. The predicted molar refractivity (Wildman–Crippen MR) is 149 cm³/mol. The first-order valence-electron chi connectivity index (χ1n) is 11.6. The lowest BCUT2D eigenvalue weighted by molar-refractivity contribution is -0.122. The van der Waals surface area contributed by atoms with Crippen molar-refractivity contribution in [2.45, 2.75) is 65.5 Å². The molecule has 0 aromatic heterocycles. The Morgan fingerprint density at radius 2 is 1.86 bits per heavy atom. The largest absolute Gasteiger partial charge is 0.364 e. The smallest absolute Gasteiger partial charge is 0.270 e. The van der Waals surface area contributed by atoms with Crippen LogP contribution in [0.4, 0.5) is 11.4 Å². The van der Waals surface area contributed by atoms with Crippen LogP contribution in [0.25, 0.3) is 6.08 Å². The number of anilines is 2. The van der Waals surface area contributed by atoms with E-state index in [4.69, 9.17) is 35.4 Å². The van der Waals surface area contributed by atoms with Gasteiger partial charge in [-0.05, 0) is 106 Å².